The maximum atomic E-state index is 12.7. The molecule has 0 amide bonds. The summed E-state index contributed by atoms with van der Waals surface area (Å²) >= 11 is 7.19. The number of nitrogens with two attached hydrogens (primary N) is 1. The fourth-order valence-electron chi connectivity index (χ4n) is 1.65. The molecule has 2 aromatic carbocycles. The average molecular weight is 331 g/mol. The Hall–Kier alpha value is -1.66. The highest BCUT2D eigenvalue weighted by atomic mass is 35.5. The van der Waals surface area contributed by atoms with Gasteiger partial charge >= 0.3 is 6.18 Å². The van der Waals surface area contributed by atoms with Crippen LogP contribution >= 0.6 is 23.4 Å². The minimum atomic E-state index is -4.47. The third-order valence-corrected chi connectivity index (χ3v) is 4.25. The standard InChI is InChI=1S/C14H10ClF3N2S/c15-10-3-1-2-4-12(10)21-11-6-5-8(14(16,17)18)7-9(11)13(19)20/h1-7H,(H3,19,20). The lowest BCUT2D eigenvalue weighted by atomic mass is 10.1. The van der Waals surface area contributed by atoms with Gasteiger partial charge in [0.15, 0.2) is 0 Å². The number of hydrogen-bond acceptors (Lipinski definition) is 2. The van der Waals surface area contributed by atoms with Gasteiger partial charge in [0.1, 0.15) is 5.84 Å². The van der Waals surface area contributed by atoms with Crippen LogP contribution in [0.3, 0.4) is 0 Å². The van der Waals surface area contributed by atoms with E-state index in [2.05, 4.69) is 0 Å². The van der Waals surface area contributed by atoms with E-state index in [0.29, 0.717) is 14.8 Å². The number of nitrogen functional groups attached to an aromatic ring is 1. The van der Waals surface area contributed by atoms with Crippen molar-refractivity contribution >= 4 is 29.2 Å². The quantitative estimate of drug-likeness (QED) is 0.627. The molecule has 3 N–H and O–H groups in total. The van der Waals surface area contributed by atoms with E-state index in [-0.39, 0.29) is 5.56 Å². The first-order valence-electron chi connectivity index (χ1n) is 5.77. The summed E-state index contributed by atoms with van der Waals surface area (Å²) in [7, 11) is 0. The summed E-state index contributed by atoms with van der Waals surface area (Å²) in [6, 6.07) is 10.1. The maximum Gasteiger partial charge on any atom is 0.416 e. The van der Waals surface area contributed by atoms with Crippen LogP contribution in [0.5, 0.6) is 0 Å². The zero-order valence-corrected chi connectivity index (χ0v) is 12.1. The van der Waals surface area contributed by atoms with Gasteiger partial charge in [0.2, 0.25) is 0 Å². The molecule has 0 aliphatic heterocycles. The van der Waals surface area contributed by atoms with Crippen LogP contribution in [0.4, 0.5) is 13.2 Å². The number of benzene rings is 2. The van der Waals surface area contributed by atoms with Crippen molar-refractivity contribution in [3.05, 3.63) is 58.6 Å². The molecule has 0 aromatic heterocycles. The lowest BCUT2D eigenvalue weighted by Crippen LogP contribution is -2.14. The van der Waals surface area contributed by atoms with Gasteiger partial charge in [-0.1, -0.05) is 35.5 Å². The van der Waals surface area contributed by atoms with Crippen LogP contribution in [0.1, 0.15) is 11.1 Å². The minimum absolute atomic E-state index is 0.0368. The van der Waals surface area contributed by atoms with Gasteiger partial charge in [0.25, 0.3) is 0 Å². The number of alkyl halides is 3. The lowest BCUT2D eigenvalue weighted by Gasteiger charge is -2.13. The van der Waals surface area contributed by atoms with E-state index in [1.807, 2.05) is 0 Å². The second-order valence-electron chi connectivity index (χ2n) is 4.15. The summed E-state index contributed by atoms with van der Waals surface area (Å²) < 4.78 is 38.1. The molecule has 0 bridgehead atoms. The zero-order chi connectivity index (χ0) is 15.6. The highest BCUT2D eigenvalue weighted by Crippen LogP contribution is 2.37. The maximum absolute atomic E-state index is 12.7. The van der Waals surface area contributed by atoms with E-state index in [9.17, 15) is 13.2 Å². The largest absolute Gasteiger partial charge is 0.416 e. The van der Waals surface area contributed by atoms with Crippen molar-refractivity contribution in [2.24, 2.45) is 5.73 Å². The first-order valence-corrected chi connectivity index (χ1v) is 6.96. The van der Waals surface area contributed by atoms with Crippen molar-refractivity contribution in [3.63, 3.8) is 0 Å². The van der Waals surface area contributed by atoms with Crippen molar-refractivity contribution < 1.29 is 13.2 Å². The van der Waals surface area contributed by atoms with Crippen LogP contribution < -0.4 is 5.73 Å². The molecule has 0 aliphatic carbocycles. The summed E-state index contributed by atoms with van der Waals surface area (Å²) in [6.45, 7) is 0. The topological polar surface area (TPSA) is 49.9 Å². The molecule has 0 saturated heterocycles. The number of amidine groups is 1. The van der Waals surface area contributed by atoms with E-state index in [0.717, 1.165) is 12.1 Å². The molecule has 0 unspecified atom stereocenters. The first kappa shape index (κ1) is 15.7. The van der Waals surface area contributed by atoms with E-state index < -0.39 is 17.6 Å². The molecule has 0 heterocycles. The van der Waals surface area contributed by atoms with Crippen molar-refractivity contribution in [1.29, 1.82) is 5.41 Å². The molecule has 0 atom stereocenters. The van der Waals surface area contributed by atoms with Crippen LogP contribution in [0, 0.1) is 5.41 Å². The third kappa shape index (κ3) is 3.71. The van der Waals surface area contributed by atoms with E-state index in [4.69, 9.17) is 22.7 Å². The second-order valence-corrected chi connectivity index (χ2v) is 5.65. The van der Waals surface area contributed by atoms with Crippen LogP contribution in [0.25, 0.3) is 0 Å². The minimum Gasteiger partial charge on any atom is -0.384 e. The molecule has 0 radical (unpaired) electrons. The molecule has 2 rings (SSSR count). The van der Waals surface area contributed by atoms with Gasteiger partial charge in [-0.3, -0.25) is 5.41 Å². The molecule has 0 aliphatic rings. The predicted molar refractivity (Wildman–Crippen MR) is 78.0 cm³/mol. The van der Waals surface area contributed by atoms with Gasteiger partial charge < -0.3 is 5.73 Å². The number of hydrogen-bond donors (Lipinski definition) is 2. The highest BCUT2D eigenvalue weighted by Gasteiger charge is 2.31. The Labute approximate surface area is 128 Å². The van der Waals surface area contributed by atoms with Crippen molar-refractivity contribution in [2.45, 2.75) is 16.0 Å². The fraction of sp³-hybridized carbons (Fsp3) is 0.0714. The SMILES string of the molecule is N=C(N)c1cc(C(F)(F)F)ccc1Sc1ccccc1Cl. The molecule has 0 fully saturated rings. The normalized spacial score (nSPS) is 11.4. The van der Waals surface area contributed by atoms with Crippen molar-refractivity contribution in [1.82, 2.24) is 0 Å². The van der Waals surface area contributed by atoms with Gasteiger partial charge in [0.05, 0.1) is 10.6 Å². The molecule has 2 nitrogen and oxygen atoms in total. The summed E-state index contributed by atoms with van der Waals surface area (Å²) in [5.74, 6) is -0.421. The molecular weight excluding hydrogens is 321 g/mol. The average Bonchev–Trinajstić information content (AvgIpc) is 2.40. The van der Waals surface area contributed by atoms with Crippen LogP contribution in [0.2, 0.25) is 5.02 Å². The Kier molecular flexibility index (Phi) is 4.49. The Morgan fingerprint density at radius 3 is 2.33 bits per heavy atom. The fourth-order valence-corrected chi connectivity index (χ4v) is 2.87. The summed E-state index contributed by atoms with van der Waals surface area (Å²) in [5.41, 5.74) is 4.59. The Bertz CT molecular complexity index is 686. The van der Waals surface area contributed by atoms with Crippen molar-refractivity contribution in [3.8, 4) is 0 Å². The smallest absolute Gasteiger partial charge is 0.384 e. The first-order chi connectivity index (χ1) is 9.79. The van der Waals surface area contributed by atoms with Crippen LogP contribution in [-0.4, -0.2) is 5.84 Å². The van der Waals surface area contributed by atoms with Gasteiger partial charge in [-0.2, -0.15) is 13.2 Å². The second kappa shape index (κ2) is 5.99. The number of rotatable bonds is 3. The summed E-state index contributed by atoms with van der Waals surface area (Å²) in [4.78, 5) is 1.13. The van der Waals surface area contributed by atoms with Gasteiger partial charge in [0, 0.05) is 15.4 Å². The Morgan fingerprint density at radius 2 is 1.76 bits per heavy atom. The van der Waals surface area contributed by atoms with Gasteiger partial charge in [-0.15, -0.1) is 0 Å². The molecule has 21 heavy (non-hydrogen) atoms. The van der Waals surface area contributed by atoms with Gasteiger partial charge in [-0.05, 0) is 30.3 Å². The highest BCUT2D eigenvalue weighted by molar-refractivity contribution is 7.99. The molecule has 2 aromatic rings. The number of nitrogens with one attached hydrogen (secondary N) is 1. The molecule has 110 valence electrons. The summed E-state index contributed by atoms with van der Waals surface area (Å²) in [6.07, 6.45) is -4.47. The third-order valence-electron chi connectivity index (χ3n) is 2.65. The molecular formula is C14H10ClF3N2S. The van der Waals surface area contributed by atoms with E-state index in [1.54, 1.807) is 24.3 Å². The molecule has 0 spiro atoms. The Balaban J connectivity index is 2.45. The van der Waals surface area contributed by atoms with Crippen LogP contribution in [0.15, 0.2) is 52.3 Å². The molecule has 7 heteroatoms. The zero-order valence-electron chi connectivity index (χ0n) is 10.5. The monoisotopic (exact) mass is 330 g/mol. The van der Waals surface area contributed by atoms with E-state index >= 15 is 0 Å². The van der Waals surface area contributed by atoms with Crippen molar-refractivity contribution in [2.75, 3.05) is 0 Å². The van der Waals surface area contributed by atoms with Gasteiger partial charge in [-0.25, -0.2) is 0 Å². The Morgan fingerprint density at radius 1 is 1.10 bits per heavy atom. The van der Waals surface area contributed by atoms with E-state index in [1.165, 1.54) is 17.8 Å². The number of halogens is 4. The lowest BCUT2D eigenvalue weighted by molar-refractivity contribution is -0.137. The summed E-state index contributed by atoms with van der Waals surface area (Å²) in [5, 5.41) is 7.94. The molecule has 0 saturated carbocycles. The van der Waals surface area contributed by atoms with Crippen LogP contribution in [-0.2, 0) is 6.18 Å². The predicted octanol–water partition coefficient (Wildman–Crippen LogP) is 4.79.